The van der Waals surface area contributed by atoms with Crippen molar-refractivity contribution in [3.8, 4) is 46.2 Å². The maximum atomic E-state index is 13.1. The number of benzene rings is 2. The van der Waals surface area contributed by atoms with E-state index < -0.39 is 35.6 Å². The van der Waals surface area contributed by atoms with Crippen LogP contribution in [0.25, 0.3) is 34.4 Å². The molecule has 2 aliphatic rings. The van der Waals surface area contributed by atoms with E-state index in [4.69, 9.17) is 9.47 Å². The molecule has 8 heterocycles. The van der Waals surface area contributed by atoms with Crippen LogP contribution in [-0.4, -0.2) is 108 Å². The minimum absolute atomic E-state index is 0.213. The van der Waals surface area contributed by atoms with E-state index in [1.807, 2.05) is 38.4 Å². The fourth-order valence-corrected chi connectivity index (χ4v) is 8.56. The monoisotopic (exact) mass is 994 g/mol. The van der Waals surface area contributed by atoms with Gasteiger partial charge in [0, 0.05) is 39.3 Å². The Morgan fingerprint density at radius 3 is 1.22 bits per heavy atom. The third-order valence-electron chi connectivity index (χ3n) is 12.0. The number of nitrogens with zero attached hydrogens (tertiary/aromatic N) is 14. The van der Waals surface area contributed by atoms with Gasteiger partial charge < -0.3 is 28.4 Å². The summed E-state index contributed by atoms with van der Waals surface area (Å²) in [5.74, 6) is 1.80. The molecule has 0 N–H and O–H groups in total. The summed E-state index contributed by atoms with van der Waals surface area (Å²) in [4.78, 5) is 54.9. The normalized spacial score (nSPS) is 15.6. The van der Waals surface area contributed by atoms with Crippen LogP contribution in [0.3, 0.4) is 0 Å². The van der Waals surface area contributed by atoms with Crippen LogP contribution >= 0.6 is 0 Å². The van der Waals surface area contributed by atoms with Crippen molar-refractivity contribution in [2.45, 2.75) is 65.2 Å². The number of aryl methyl sites for hydroxylation is 2. The van der Waals surface area contributed by atoms with Crippen LogP contribution in [0.2, 0.25) is 0 Å². The highest BCUT2D eigenvalue weighted by atomic mass is 19.4. The number of carbonyl (C=O) groups excluding carboxylic acids is 2. The minimum atomic E-state index is -4.45. The molecule has 72 heavy (non-hydrogen) atoms. The maximum Gasteiger partial charge on any atom is 0.416 e. The largest absolute Gasteiger partial charge is 0.479 e. The van der Waals surface area contributed by atoms with Crippen LogP contribution in [0.5, 0.6) is 11.8 Å². The van der Waals surface area contributed by atoms with E-state index in [0.29, 0.717) is 95.1 Å². The van der Waals surface area contributed by atoms with Gasteiger partial charge in [-0.05, 0) is 73.5 Å². The molecule has 0 radical (unpaired) electrons. The van der Waals surface area contributed by atoms with Gasteiger partial charge >= 0.3 is 12.4 Å². The van der Waals surface area contributed by atoms with Crippen molar-refractivity contribution < 1.29 is 45.4 Å². The van der Waals surface area contributed by atoms with E-state index in [1.54, 1.807) is 53.1 Å². The average Bonchev–Trinajstić information content (AvgIpc) is 4.19. The van der Waals surface area contributed by atoms with E-state index in [2.05, 4.69) is 40.1 Å². The van der Waals surface area contributed by atoms with Gasteiger partial charge in [0.15, 0.2) is 23.3 Å². The number of fused-ring (bicyclic) bond motifs is 2. The summed E-state index contributed by atoms with van der Waals surface area (Å²) in [6.07, 6.45) is -1.90. The summed E-state index contributed by atoms with van der Waals surface area (Å²) in [6, 6.07) is 15.3. The van der Waals surface area contributed by atoms with Crippen LogP contribution in [0.4, 0.5) is 26.3 Å². The number of imidazole rings is 2. The lowest BCUT2D eigenvalue weighted by atomic mass is 10.0. The van der Waals surface area contributed by atoms with Crippen molar-refractivity contribution in [3.63, 3.8) is 0 Å². The second kappa shape index (κ2) is 19.0. The van der Waals surface area contributed by atoms with Gasteiger partial charge in [-0.3, -0.25) is 9.59 Å². The lowest BCUT2D eigenvalue weighted by Crippen LogP contribution is -2.42. The van der Waals surface area contributed by atoms with Crippen molar-refractivity contribution in [1.29, 1.82) is 0 Å². The standard InChI is InChI=1S/2C24H22F3N7O2/c2*1-14-12-32(13-28-14)19-9-8-18(29-23(19)36-3)21-30-22-20(33(15(2)35)10-11-34(22)31-21)16-4-6-17(7-5-16)24(25,26)27/h2*4-9,12-13,20H,10-11H2,1-3H3/t2*20-/m10/s1. The van der Waals surface area contributed by atoms with E-state index >= 15 is 0 Å². The predicted octanol–water partition coefficient (Wildman–Crippen LogP) is 7.63. The zero-order valence-corrected chi connectivity index (χ0v) is 39.4. The smallest absolute Gasteiger partial charge is 0.416 e. The Kier molecular flexibility index (Phi) is 12.9. The van der Waals surface area contributed by atoms with E-state index in [9.17, 15) is 35.9 Å². The Balaban J connectivity index is 0.000000178. The quantitative estimate of drug-likeness (QED) is 0.136. The van der Waals surface area contributed by atoms with Crippen molar-refractivity contribution in [2.24, 2.45) is 0 Å². The zero-order chi connectivity index (χ0) is 51.2. The molecule has 372 valence electrons. The Bertz CT molecular complexity index is 3070. The van der Waals surface area contributed by atoms with Gasteiger partial charge in [-0.2, -0.15) is 26.3 Å². The van der Waals surface area contributed by atoms with E-state index in [0.717, 1.165) is 35.7 Å². The van der Waals surface area contributed by atoms with Crippen molar-refractivity contribution in [3.05, 3.63) is 143 Å². The number of rotatable bonds is 8. The summed E-state index contributed by atoms with van der Waals surface area (Å²) in [6.45, 7) is 8.06. The molecular weight excluding hydrogens is 951 g/mol. The van der Waals surface area contributed by atoms with Crippen LogP contribution < -0.4 is 9.47 Å². The molecule has 0 saturated carbocycles. The van der Waals surface area contributed by atoms with Crippen molar-refractivity contribution >= 4 is 11.8 Å². The van der Waals surface area contributed by atoms with Crippen LogP contribution in [0.1, 0.15) is 71.2 Å². The molecule has 10 rings (SSSR count). The first-order valence-corrected chi connectivity index (χ1v) is 22.2. The lowest BCUT2D eigenvalue weighted by Gasteiger charge is -2.34. The van der Waals surface area contributed by atoms with Gasteiger partial charge in [-0.1, -0.05) is 24.3 Å². The predicted molar refractivity (Wildman–Crippen MR) is 245 cm³/mol. The Morgan fingerprint density at radius 1 is 0.542 bits per heavy atom. The SMILES string of the molecule is COc1nc(-c2nc3n(n2)CCN(C(C)=O)[C@@H]3c2ccc(C(F)(F)F)cc2)ccc1-n1cnc(C)c1.COc1nc(-c2nc3n(n2)CCN(C(C)=O)[C@H]3c2ccc(C(F)(F)F)cc2)ccc1-n1cnc(C)c1. The summed E-state index contributed by atoms with van der Waals surface area (Å²) >= 11 is 0. The number of amides is 2. The summed E-state index contributed by atoms with van der Waals surface area (Å²) in [5, 5.41) is 9.16. The molecule has 2 amide bonds. The second-order valence-corrected chi connectivity index (χ2v) is 16.8. The van der Waals surface area contributed by atoms with Crippen LogP contribution in [0, 0.1) is 13.8 Å². The molecule has 24 heteroatoms. The van der Waals surface area contributed by atoms with Gasteiger partial charge in [0.2, 0.25) is 23.6 Å². The molecule has 0 bridgehead atoms. The lowest BCUT2D eigenvalue weighted by molar-refractivity contribution is -0.138. The maximum absolute atomic E-state index is 13.1. The number of halogens is 6. The molecule has 0 saturated heterocycles. The fourth-order valence-electron chi connectivity index (χ4n) is 8.56. The number of methoxy groups -OCH3 is 2. The van der Waals surface area contributed by atoms with Crippen LogP contribution in [-0.2, 0) is 35.0 Å². The molecule has 2 aromatic carbocycles. The molecule has 0 unspecified atom stereocenters. The molecule has 18 nitrogen and oxygen atoms in total. The minimum Gasteiger partial charge on any atom is -0.479 e. The molecule has 0 aliphatic carbocycles. The first-order chi connectivity index (χ1) is 34.3. The van der Waals surface area contributed by atoms with Crippen molar-refractivity contribution in [2.75, 3.05) is 27.3 Å². The van der Waals surface area contributed by atoms with Crippen LogP contribution in [0.15, 0.2) is 97.8 Å². The first kappa shape index (κ1) is 48.6. The Labute approximate surface area is 406 Å². The molecule has 2 aliphatic heterocycles. The number of ether oxygens (including phenoxy) is 2. The fraction of sp³-hybridized carbons (Fsp3) is 0.292. The van der Waals surface area contributed by atoms with Gasteiger partial charge in [-0.15, -0.1) is 10.2 Å². The number of aromatic nitrogens is 12. The highest BCUT2D eigenvalue weighted by molar-refractivity contribution is 5.75. The average molecular weight is 995 g/mol. The zero-order valence-electron chi connectivity index (χ0n) is 39.4. The summed E-state index contributed by atoms with van der Waals surface area (Å²) in [5.41, 5.74) is 3.47. The third kappa shape index (κ3) is 9.57. The summed E-state index contributed by atoms with van der Waals surface area (Å²) < 4.78 is 96.4. The molecule has 0 fully saturated rings. The molecule has 8 aromatic rings. The molecule has 6 aromatic heterocycles. The molecule has 0 spiro atoms. The van der Waals surface area contributed by atoms with E-state index in [1.165, 1.54) is 52.3 Å². The number of hydrogen-bond acceptors (Lipinski definition) is 12. The molecule has 2 atom stereocenters. The topological polar surface area (TPSA) is 182 Å². The number of alkyl halides is 6. The third-order valence-corrected chi connectivity index (χ3v) is 12.0. The first-order valence-electron chi connectivity index (χ1n) is 22.2. The summed E-state index contributed by atoms with van der Waals surface area (Å²) in [7, 11) is 3.02. The van der Waals surface area contributed by atoms with Gasteiger partial charge in [-0.25, -0.2) is 39.3 Å². The van der Waals surface area contributed by atoms with Gasteiger partial charge in [0.25, 0.3) is 0 Å². The number of hydrogen-bond donors (Lipinski definition) is 0. The Hall–Kier alpha value is -8.44. The highest BCUT2D eigenvalue weighted by Gasteiger charge is 2.38. The van der Waals surface area contributed by atoms with Gasteiger partial charge in [0.05, 0.1) is 62.5 Å². The Morgan fingerprint density at radius 2 is 0.917 bits per heavy atom. The number of pyridine rings is 2. The van der Waals surface area contributed by atoms with Crippen molar-refractivity contribution in [1.82, 2.24) is 68.4 Å². The van der Waals surface area contributed by atoms with Gasteiger partial charge in [0.1, 0.15) is 34.8 Å². The molecular formula is C48H44F6N14O4. The highest BCUT2D eigenvalue weighted by Crippen LogP contribution is 2.38. The van der Waals surface area contributed by atoms with E-state index in [-0.39, 0.29) is 11.8 Å². The second-order valence-electron chi connectivity index (χ2n) is 16.8. The number of carbonyl (C=O) groups is 2.